The largest absolute Gasteiger partial charge is 0.357 e. The van der Waals surface area contributed by atoms with Crippen LogP contribution in [0.3, 0.4) is 0 Å². The van der Waals surface area contributed by atoms with Gasteiger partial charge in [-0.15, -0.1) is 0 Å². The summed E-state index contributed by atoms with van der Waals surface area (Å²) in [6.07, 6.45) is 2.55. The van der Waals surface area contributed by atoms with Crippen LogP contribution in [-0.4, -0.2) is 57.9 Å². The van der Waals surface area contributed by atoms with Crippen LogP contribution in [0.1, 0.15) is 43.4 Å². The first-order valence-corrected chi connectivity index (χ1v) is 10.4. The number of halogens is 1. The number of likely N-dealkylation sites (N-methyl/N-ethyl adjacent to an activating group) is 1. The van der Waals surface area contributed by atoms with Crippen molar-refractivity contribution in [2.45, 2.75) is 46.3 Å². The lowest BCUT2D eigenvalue weighted by Gasteiger charge is -2.29. The first kappa shape index (κ1) is 22.2. The van der Waals surface area contributed by atoms with Crippen molar-refractivity contribution in [3.05, 3.63) is 34.9 Å². The number of fused-ring (bicyclic) bond motifs is 1. The number of imidazole rings is 1. The summed E-state index contributed by atoms with van der Waals surface area (Å²) in [7, 11) is 3.58. The van der Waals surface area contributed by atoms with Gasteiger partial charge in [-0.25, -0.2) is 9.97 Å². The second kappa shape index (κ2) is 8.73. The Bertz CT molecular complexity index is 949. The highest BCUT2D eigenvalue weighted by molar-refractivity contribution is 6.31. The Morgan fingerprint density at radius 1 is 1.27 bits per heavy atom. The molecule has 0 bridgehead atoms. The third-order valence-corrected chi connectivity index (χ3v) is 5.58. The molecule has 2 aromatic rings. The van der Waals surface area contributed by atoms with Gasteiger partial charge in [0.2, 0.25) is 5.91 Å². The number of pyridine rings is 1. The predicted octanol–water partition coefficient (Wildman–Crippen LogP) is 2.32. The summed E-state index contributed by atoms with van der Waals surface area (Å²) >= 11 is 6.34. The molecule has 162 valence electrons. The maximum atomic E-state index is 13.3. The summed E-state index contributed by atoms with van der Waals surface area (Å²) in [6, 6.07) is 2.96. The highest BCUT2D eigenvalue weighted by Crippen LogP contribution is 2.30. The molecule has 0 aliphatic carbocycles. The zero-order valence-corrected chi connectivity index (χ0v) is 18.9. The number of carbonyl (C=O) groups excluding carboxylic acids is 2. The zero-order valence-electron chi connectivity index (χ0n) is 18.1. The molecular formula is C21H29ClN6O2. The van der Waals surface area contributed by atoms with Gasteiger partial charge < -0.3 is 20.1 Å². The molecule has 8 nitrogen and oxygen atoms in total. The minimum Gasteiger partial charge on any atom is -0.357 e. The van der Waals surface area contributed by atoms with E-state index in [0.29, 0.717) is 28.8 Å². The van der Waals surface area contributed by atoms with Crippen molar-refractivity contribution in [1.82, 2.24) is 30.1 Å². The summed E-state index contributed by atoms with van der Waals surface area (Å²) in [5.41, 5.74) is 1.35. The third-order valence-electron chi connectivity index (χ3n) is 5.28. The van der Waals surface area contributed by atoms with Crippen molar-refractivity contribution in [3.8, 4) is 11.4 Å². The lowest BCUT2D eigenvalue weighted by atomic mass is 9.86. The van der Waals surface area contributed by atoms with E-state index in [-0.39, 0.29) is 11.8 Å². The molecule has 2 aromatic heterocycles. The molecular weight excluding hydrogens is 404 g/mol. The normalized spacial score (nSPS) is 15.8. The maximum Gasteiger partial charge on any atom is 0.272 e. The monoisotopic (exact) mass is 432 g/mol. The van der Waals surface area contributed by atoms with Crippen molar-refractivity contribution >= 4 is 23.4 Å². The van der Waals surface area contributed by atoms with E-state index < -0.39 is 11.5 Å². The second-order valence-corrected chi connectivity index (χ2v) is 9.06. The zero-order chi connectivity index (χ0) is 22.1. The molecule has 9 heteroatoms. The summed E-state index contributed by atoms with van der Waals surface area (Å²) in [4.78, 5) is 36.7. The molecule has 30 heavy (non-hydrogen) atoms. The molecule has 0 fully saturated rings. The molecule has 1 aliphatic heterocycles. The van der Waals surface area contributed by atoms with Gasteiger partial charge in [0.25, 0.3) is 5.91 Å². The topological polar surface area (TPSA) is 92.1 Å². The average Bonchev–Trinajstić information content (AvgIpc) is 2.91. The molecule has 2 N–H and O–H groups in total. The van der Waals surface area contributed by atoms with Crippen LogP contribution in [0.5, 0.6) is 0 Å². The van der Waals surface area contributed by atoms with Crippen LogP contribution < -0.4 is 10.6 Å². The molecule has 0 radical (unpaired) electrons. The Morgan fingerprint density at radius 3 is 2.63 bits per heavy atom. The van der Waals surface area contributed by atoms with E-state index in [2.05, 4.69) is 25.5 Å². The lowest BCUT2D eigenvalue weighted by molar-refractivity contribution is -0.124. The van der Waals surface area contributed by atoms with Crippen molar-refractivity contribution in [2.75, 3.05) is 20.6 Å². The van der Waals surface area contributed by atoms with E-state index in [4.69, 9.17) is 11.6 Å². The van der Waals surface area contributed by atoms with Crippen molar-refractivity contribution in [1.29, 1.82) is 0 Å². The Labute approximate surface area is 182 Å². The second-order valence-electron chi connectivity index (χ2n) is 8.70. The van der Waals surface area contributed by atoms with Gasteiger partial charge in [-0.1, -0.05) is 32.4 Å². The van der Waals surface area contributed by atoms with Gasteiger partial charge in [0.1, 0.15) is 17.0 Å². The highest BCUT2D eigenvalue weighted by atomic mass is 35.5. The van der Waals surface area contributed by atoms with Gasteiger partial charge in [0, 0.05) is 26.3 Å². The van der Waals surface area contributed by atoms with Crippen LogP contribution >= 0.6 is 11.6 Å². The van der Waals surface area contributed by atoms with Gasteiger partial charge in [-0.2, -0.15) is 0 Å². The van der Waals surface area contributed by atoms with E-state index in [1.54, 1.807) is 19.3 Å². The van der Waals surface area contributed by atoms with Crippen LogP contribution in [0.2, 0.25) is 5.15 Å². The smallest absolute Gasteiger partial charge is 0.272 e. The fraction of sp³-hybridized carbons (Fsp3) is 0.524. The minimum atomic E-state index is -0.693. The molecule has 0 aromatic carbocycles. The van der Waals surface area contributed by atoms with Crippen LogP contribution in [0.15, 0.2) is 18.3 Å². The number of hydrogen-bond donors (Lipinski definition) is 2. The molecule has 1 aliphatic rings. The maximum absolute atomic E-state index is 13.3. The van der Waals surface area contributed by atoms with Gasteiger partial charge in [0.05, 0.1) is 11.3 Å². The van der Waals surface area contributed by atoms with Gasteiger partial charge >= 0.3 is 0 Å². The van der Waals surface area contributed by atoms with Crippen molar-refractivity contribution in [3.63, 3.8) is 0 Å². The summed E-state index contributed by atoms with van der Waals surface area (Å²) in [5, 5.41) is 5.87. The van der Waals surface area contributed by atoms with E-state index in [9.17, 15) is 9.59 Å². The number of hydrogen-bond acceptors (Lipinski definition) is 5. The van der Waals surface area contributed by atoms with Gasteiger partial charge in [-0.05, 0) is 37.6 Å². The Morgan fingerprint density at radius 2 is 2.00 bits per heavy atom. The third kappa shape index (κ3) is 4.49. The van der Waals surface area contributed by atoms with Crippen LogP contribution in [0.4, 0.5) is 0 Å². The van der Waals surface area contributed by atoms with Gasteiger partial charge in [-0.3, -0.25) is 9.59 Å². The summed E-state index contributed by atoms with van der Waals surface area (Å²) < 4.78 is 2.05. The Kier molecular flexibility index (Phi) is 6.47. The molecule has 1 atom stereocenters. The number of aromatic nitrogens is 3. The molecule has 3 rings (SSSR count). The number of rotatable bonds is 4. The fourth-order valence-electron chi connectivity index (χ4n) is 3.68. The Balaban J connectivity index is 2.07. The molecule has 1 unspecified atom stereocenters. The van der Waals surface area contributed by atoms with E-state index in [1.807, 2.05) is 38.5 Å². The molecule has 3 heterocycles. The van der Waals surface area contributed by atoms with Crippen LogP contribution in [0.25, 0.3) is 11.4 Å². The van der Waals surface area contributed by atoms with Crippen LogP contribution in [-0.2, 0) is 17.9 Å². The van der Waals surface area contributed by atoms with E-state index >= 15 is 0 Å². The molecule has 0 saturated carbocycles. The van der Waals surface area contributed by atoms with E-state index in [1.165, 1.54) is 0 Å². The molecule has 0 saturated heterocycles. The minimum absolute atomic E-state index is 0.242. The quantitative estimate of drug-likeness (QED) is 0.723. The first-order chi connectivity index (χ1) is 14.1. The van der Waals surface area contributed by atoms with Crippen molar-refractivity contribution in [2.24, 2.45) is 5.41 Å². The summed E-state index contributed by atoms with van der Waals surface area (Å²) in [5.74, 6) is 0.00781. The predicted molar refractivity (Wildman–Crippen MR) is 116 cm³/mol. The number of nitrogens with zero attached hydrogens (tertiary/aromatic N) is 4. The van der Waals surface area contributed by atoms with Gasteiger partial charge in [0.15, 0.2) is 5.69 Å². The van der Waals surface area contributed by atoms with Crippen molar-refractivity contribution < 1.29 is 9.59 Å². The number of nitrogens with one attached hydrogen (secondary N) is 2. The first-order valence-electron chi connectivity index (χ1n) is 10.0. The molecule has 2 amide bonds. The molecule has 0 spiro atoms. The van der Waals surface area contributed by atoms with E-state index in [0.717, 1.165) is 25.2 Å². The van der Waals surface area contributed by atoms with Crippen LogP contribution in [0, 0.1) is 5.41 Å². The highest BCUT2D eigenvalue weighted by Gasteiger charge is 2.34. The summed E-state index contributed by atoms with van der Waals surface area (Å²) in [6.45, 7) is 7.94. The SMILES string of the molecule is CNC(=O)C(NC(=O)c1nc(-c2cccnc2Cl)n2c1CN(C)CCC2)C(C)(C)C. The lowest BCUT2D eigenvalue weighted by Crippen LogP contribution is -2.53. The number of carbonyl (C=O) groups is 2. The Hall–Kier alpha value is -2.45. The standard InChI is InChI=1S/C21H29ClN6O2/c1-21(2,3)16(20(30)23-4)26-19(29)15-14-12-27(5)10-7-11-28(14)18(25-15)13-8-6-9-24-17(13)22/h6,8-9,16H,7,10-12H2,1-5H3,(H,23,30)(H,26,29). The fourth-order valence-corrected chi connectivity index (χ4v) is 3.88. The number of amides is 2. The average molecular weight is 433 g/mol.